The maximum absolute atomic E-state index is 12.8. The molecule has 2 aromatic rings. The van der Waals surface area contributed by atoms with Gasteiger partial charge in [0.2, 0.25) is 5.91 Å². The number of carbonyl (C=O) groups excluding carboxylic acids is 2. The van der Waals surface area contributed by atoms with Gasteiger partial charge in [-0.15, -0.1) is 0 Å². The maximum atomic E-state index is 12.8. The van der Waals surface area contributed by atoms with E-state index in [-0.39, 0.29) is 11.8 Å². The van der Waals surface area contributed by atoms with Crippen molar-refractivity contribution in [2.75, 3.05) is 11.4 Å². The predicted molar refractivity (Wildman–Crippen MR) is 92.5 cm³/mol. The quantitative estimate of drug-likeness (QED) is 0.929. The van der Waals surface area contributed by atoms with E-state index in [1.807, 2.05) is 31.2 Å². The number of carbonyl (C=O) groups is 2. The number of benzene rings is 1. The third-order valence-electron chi connectivity index (χ3n) is 4.90. The van der Waals surface area contributed by atoms with E-state index in [0.717, 1.165) is 36.2 Å². The zero-order chi connectivity index (χ0) is 17.4. The molecule has 25 heavy (non-hydrogen) atoms. The van der Waals surface area contributed by atoms with Gasteiger partial charge in [0.1, 0.15) is 17.9 Å². The van der Waals surface area contributed by atoms with Crippen molar-refractivity contribution in [1.29, 1.82) is 0 Å². The number of aromatic nitrogens is 1. The lowest BCUT2D eigenvalue weighted by Gasteiger charge is -2.32. The Morgan fingerprint density at radius 3 is 2.72 bits per heavy atom. The first kappa shape index (κ1) is 15.9. The SMILES string of the molecule is Cc1ccc(N2CCC[C@@H](NC(=O)c3conc3C3CC3)C2=O)cc1. The smallest absolute Gasteiger partial charge is 0.257 e. The minimum absolute atomic E-state index is 0.0621. The van der Waals surface area contributed by atoms with Gasteiger partial charge in [0.05, 0.1) is 5.69 Å². The Hall–Kier alpha value is -2.63. The highest BCUT2D eigenvalue weighted by atomic mass is 16.5. The molecule has 2 heterocycles. The van der Waals surface area contributed by atoms with Gasteiger partial charge in [-0.25, -0.2) is 0 Å². The van der Waals surface area contributed by atoms with Gasteiger partial charge in [-0.2, -0.15) is 0 Å². The average Bonchev–Trinajstić information content (AvgIpc) is 3.34. The lowest BCUT2D eigenvalue weighted by Crippen LogP contribution is -2.52. The highest BCUT2D eigenvalue weighted by molar-refractivity contribution is 6.03. The molecular weight excluding hydrogens is 318 g/mol. The fourth-order valence-corrected chi connectivity index (χ4v) is 3.29. The zero-order valence-corrected chi connectivity index (χ0v) is 14.2. The summed E-state index contributed by atoms with van der Waals surface area (Å²) in [7, 11) is 0. The molecule has 0 bridgehead atoms. The number of rotatable bonds is 4. The van der Waals surface area contributed by atoms with Crippen molar-refractivity contribution in [3.8, 4) is 0 Å². The minimum atomic E-state index is -0.510. The third kappa shape index (κ3) is 3.16. The van der Waals surface area contributed by atoms with Gasteiger partial charge in [-0.3, -0.25) is 9.59 Å². The van der Waals surface area contributed by atoms with Crippen LogP contribution in [-0.2, 0) is 4.79 Å². The van der Waals surface area contributed by atoms with Crippen molar-refractivity contribution in [1.82, 2.24) is 10.5 Å². The first-order chi connectivity index (χ1) is 12.1. The zero-order valence-electron chi connectivity index (χ0n) is 14.2. The summed E-state index contributed by atoms with van der Waals surface area (Å²) in [5.74, 6) is -0.00857. The lowest BCUT2D eigenvalue weighted by atomic mass is 10.0. The second kappa shape index (κ2) is 6.35. The number of hydrogen-bond donors (Lipinski definition) is 1. The van der Waals surface area contributed by atoms with E-state index in [2.05, 4.69) is 10.5 Å². The molecule has 130 valence electrons. The molecule has 1 N–H and O–H groups in total. The van der Waals surface area contributed by atoms with Crippen LogP contribution in [0.5, 0.6) is 0 Å². The van der Waals surface area contributed by atoms with Crippen LogP contribution in [0.15, 0.2) is 35.1 Å². The first-order valence-corrected chi connectivity index (χ1v) is 8.76. The summed E-state index contributed by atoms with van der Waals surface area (Å²) in [5, 5.41) is 6.83. The van der Waals surface area contributed by atoms with E-state index in [4.69, 9.17) is 4.52 Å². The van der Waals surface area contributed by atoms with Crippen LogP contribution in [0.3, 0.4) is 0 Å². The molecule has 6 nitrogen and oxygen atoms in total. The summed E-state index contributed by atoms with van der Waals surface area (Å²) >= 11 is 0. The van der Waals surface area contributed by atoms with Gasteiger partial charge >= 0.3 is 0 Å². The molecule has 0 spiro atoms. The van der Waals surface area contributed by atoms with Crippen LogP contribution >= 0.6 is 0 Å². The number of hydrogen-bond acceptors (Lipinski definition) is 4. The fourth-order valence-electron chi connectivity index (χ4n) is 3.29. The summed E-state index contributed by atoms with van der Waals surface area (Å²) in [4.78, 5) is 27.2. The fraction of sp³-hybridized carbons (Fsp3) is 0.421. The number of nitrogens with zero attached hydrogens (tertiary/aromatic N) is 2. The van der Waals surface area contributed by atoms with Crippen LogP contribution in [-0.4, -0.2) is 29.6 Å². The Bertz CT molecular complexity index is 793. The summed E-state index contributed by atoms with van der Waals surface area (Å²) in [6, 6.07) is 7.36. The second-order valence-electron chi connectivity index (χ2n) is 6.88. The summed E-state index contributed by atoms with van der Waals surface area (Å²) in [6.45, 7) is 2.69. The molecule has 2 fully saturated rings. The van der Waals surface area contributed by atoms with Crippen molar-refractivity contribution in [3.63, 3.8) is 0 Å². The molecule has 6 heteroatoms. The molecule has 2 amide bonds. The van der Waals surface area contributed by atoms with Crippen LogP contribution in [0.1, 0.15) is 53.2 Å². The van der Waals surface area contributed by atoms with Crippen molar-refractivity contribution in [2.24, 2.45) is 0 Å². The molecule has 1 aliphatic heterocycles. The van der Waals surface area contributed by atoms with Gasteiger partial charge < -0.3 is 14.7 Å². The van der Waals surface area contributed by atoms with Crippen molar-refractivity contribution >= 4 is 17.5 Å². The van der Waals surface area contributed by atoms with Crippen molar-refractivity contribution < 1.29 is 14.1 Å². The molecule has 2 aliphatic rings. The normalized spacial score (nSPS) is 20.6. The highest BCUT2D eigenvalue weighted by Crippen LogP contribution is 2.40. The van der Waals surface area contributed by atoms with Gasteiger partial charge in [0.25, 0.3) is 5.91 Å². The van der Waals surface area contributed by atoms with Gasteiger partial charge in [-0.1, -0.05) is 22.9 Å². The molecule has 0 radical (unpaired) electrons. The topological polar surface area (TPSA) is 75.4 Å². The van der Waals surface area contributed by atoms with E-state index >= 15 is 0 Å². The van der Waals surface area contributed by atoms with E-state index in [0.29, 0.717) is 24.4 Å². The number of nitrogens with one attached hydrogen (secondary N) is 1. The molecule has 1 aliphatic carbocycles. The van der Waals surface area contributed by atoms with Crippen molar-refractivity contribution in [3.05, 3.63) is 47.3 Å². The van der Waals surface area contributed by atoms with Gasteiger partial charge in [0.15, 0.2) is 0 Å². The molecule has 1 aromatic heterocycles. The predicted octanol–water partition coefficient (Wildman–Crippen LogP) is 2.79. The summed E-state index contributed by atoms with van der Waals surface area (Å²) in [5.41, 5.74) is 3.20. The van der Waals surface area contributed by atoms with Crippen molar-refractivity contribution in [2.45, 2.75) is 44.6 Å². The molecule has 1 saturated heterocycles. The first-order valence-electron chi connectivity index (χ1n) is 8.76. The van der Waals surface area contributed by atoms with Crippen LogP contribution in [0.4, 0.5) is 5.69 Å². The average molecular weight is 339 g/mol. The Kier molecular flexibility index (Phi) is 4.03. The number of amides is 2. The monoisotopic (exact) mass is 339 g/mol. The lowest BCUT2D eigenvalue weighted by molar-refractivity contribution is -0.121. The summed E-state index contributed by atoms with van der Waals surface area (Å²) < 4.78 is 4.98. The summed E-state index contributed by atoms with van der Waals surface area (Å²) in [6.07, 6.45) is 4.96. The van der Waals surface area contributed by atoms with E-state index in [1.165, 1.54) is 6.26 Å². The van der Waals surface area contributed by atoms with E-state index in [9.17, 15) is 9.59 Å². The molecular formula is C19H21N3O3. The molecule has 1 atom stereocenters. The maximum Gasteiger partial charge on any atom is 0.257 e. The number of anilines is 1. The Labute approximate surface area is 146 Å². The van der Waals surface area contributed by atoms with Crippen LogP contribution in [0.2, 0.25) is 0 Å². The Morgan fingerprint density at radius 1 is 1.24 bits per heavy atom. The third-order valence-corrected chi connectivity index (χ3v) is 4.90. The number of piperidine rings is 1. The van der Waals surface area contributed by atoms with Crippen LogP contribution < -0.4 is 10.2 Å². The molecule has 1 aromatic carbocycles. The molecule has 1 saturated carbocycles. The Morgan fingerprint density at radius 2 is 2.00 bits per heavy atom. The Balaban J connectivity index is 1.48. The van der Waals surface area contributed by atoms with Gasteiger partial charge in [-0.05, 0) is 44.7 Å². The highest BCUT2D eigenvalue weighted by Gasteiger charge is 2.35. The standard InChI is InChI=1S/C19H21N3O3/c1-12-4-8-14(9-5-12)22-10-2-3-16(19(22)24)20-18(23)15-11-25-21-17(15)13-6-7-13/h4-5,8-9,11,13,16H,2-3,6-7,10H2,1H3,(H,20,23)/t16-/m1/s1. The largest absolute Gasteiger partial charge is 0.364 e. The van der Waals surface area contributed by atoms with E-state index < -0.39 is 6.04 Å². The van der Waals surface area contributed by atoms with Crippen LogP contribution in [0, 0.1) is 6.92 Å². The van der Waals surface area contributed by atoms with Crippen LogP contribution in [0.25, 0.3) is 0 Å². The molecule has 4 rings (SSSR count). The minimum Gasteiger partial charge on any atom is -0.364 e. The van der Waals surface area contributed by atoms with Gasteiger partial charge in [0, 0.05) is 18.2 Å². The molecule has 0 unspecified atom stereocenters. The van der Waals surface area contributed by atoms with E-state index in [1.54, 1.807) is 4.90 Å². The number of aryl methyl sites for hydroxylation is 1. The second-order valence-corrected chi connectivity index (χ2v) is 6.88.